The molecule has 2 N–H and O–H groups in total. The smallest absolute Gasteiger partial charge is 0.244 e. The Morgan fingerprint density at radius 1 is 1.35 bits per heavy atom. The number of rotatable bonds is 5. The van der Waals surface area contributed by atoms with Crippen molar-refractivity contribution >= 4 is 59.1 Å². The van der Waals surface area contributed by atoms with Gasteiger partial charge in [-0.1, -0.05) is 28.1 Å². The van der Waals surface area contributed by atoms with E-state index in [1.807, 2.05) is 6.92 Å². The standard InChI is InChI=1S/C12H16Br2N2O2S2/c1-7(2)16(6-12(15)19)20(17,18)11-5-9(13)8(3)4-10(11)14/h4-5,7H,6H2,1-3H3,(H2,15,19). The summed E-state index contributed by atoms with van der Waals surface area (Å²) in [4.78, 5) is 0.337. The topological polar surface area (TPSA) is 63.4 Å². The fourth-order valence-corrected chi connectivity index (χ4v) is 5.13. The van der Waals surface area contributed by atoms with E-state index in [0.29, 0.717) is 4.47 Å². The lowest BCUT2D eigenvalue weighted by Crippen LogP contribution is -2.42. The predicted octanol–water partition coefficient (Wildman–Crippen LogP) is 3.21. The molecule has 8 heteroatoms. The molecule has 1 rings (SSSR count). The van der Waals surface area contributed by atoms with Crippen molar-refractivity contribution in [3.05, 3.63) is 26.6 Å². The highest BCUT2D eigenvalue weighted by Gasteiger charge is 2.29. The quantitative estimate of drug-likeness (QED) is 0.709. The lowest BCUT2D eigenvalue weighted by molar-refractivity contribution is 0.390. The number of hydrogen-bond donors (Lipinski definition) is 1. The highest BCUT2D eigenvalue weighted by Crippen LogP contribution is 2.31. The minimum atomic E-state index is -3.68. The summed E-state index contributed by atoms with van der Waals surface area (Å²) in [5, 5.41) is 0. The molecule has 0 unspecified atom stereocenters. The van der Waals surface area contributed by atoms with E-state index in [0.717, 1.165) is 10.0 Å². The molecule has 0 bridgehead atoms. The van der Waals surface area contributed by atoms with Gasteiger partial charge in [0.15, 0.2) is 0 Å². The van der Waals surface area contributed by atoms with E-state index in [2.05, 4.69) is 31.9 Å². The second kappa shape index (κ2) is 6.83. The van der Waals surface area contributed by atoms with Crippen LogP contribution in [0.25, 0.3) is 0 Å². The molecule has 0 aliphatic rings. The third kappa shape index (κ3) is 4.00. The zero-order chi connectivity index (χ0) is 15.7. The summed E-state index contributed by atoms with van der Waals surface area (Å²) in [6, 6.07) is 3.11. The molecule has 4 nitrogen and oxygen atoms in total. The largest absolute Gasteiger partial charge is 0.392 e. The molecule has 20 heavy (non-hydrogen) atoms. The number of aryl methyl sites for hydroxylation is 1. The van der Waals surface area contributed by atoms with E-state index in [-0.39, 0.29) is 22.5 Å². The number of halogens is 2. The summed E-state index contributed by atoms with van der Waals surface area (Å²) in [7, 11) is -3.68. The maximum atomic E-state index is 12.8. The van der Waals surface area contributed by atoms with Crippen molar-refractivity contribution in [3.8, 4) is 0 Å². The van der Waals surface area contributed by atoms with Crippen LogP contribution in [0.2, 0.25) is 0 Å². The number of nitrogens with zero attached hydrogens (tertiary/aromatic N) is 1. The minimum absolute atomic E-state index is 0.0211. The van der Waals surface area contributed by atoms with Crippen LogP contribution in [0.5, 0.6) is 0 Å². The molecule has 0 amide bonds. The maximum Gasteiger partial charge on any atom is 0.244 e. The molecular weight excluding hydrogens is 428 g/mol. The van der Waals surface area contributed by atoms with Crippen LogP contribution in [0.1, 0.15) is 19.4 Å². The van der Waals surface area contributed by atoms with Crippen LogP contribution in [0.15, 0.2) is 26.0 Å². The number of nitrogens with two attached hydrogens (primary N) is 1. The third-order valence-corrected chi connectivity index (χ3v) is 6.65. The fraction of sp³-hybridized carbons (Fsp3) is 0.417. The highest BCUT2D eigenvalue weighted by atomic mass is 79.9. The average molecular weight is 444 g/mol. The highest BCUT2D eigenvalue weighted by molar-refractivity contribution is 9.11. The fourth-order valence-electron chi connectivity index (χ4n) is 1.65. The molecule has 0 fully saturated rings. The number of thiocarbonyl (C=S) groups is 1. The van der Waals surface area contributed by atoms with Crippen molar-refractivity contribution in [1.82, 2.24) is 4.31 Å². The first kappa shape index (κ1) is 18.0. The molecule has 0 aromatic heterocycles. The summed E-state index contributed by atoms with van der Waals surface area (Å²) in [6.45, 7) is 5.48. The second-order valence-corrected chi connectivity index (χ2v) is 8.73. The van der Waals surface area contributed by atoms with E-state index in [1.165, 1.54) is 4.31 Å². The summed E-state index contributed by atoms with van der Waals surface area (Å²) in [5.74, 6) is 0. The zero-order valence-electron chi connectivity index (χ0n) is 11.4. The number of benzene rings is 1. The van der Waals surface area contributed by atoms with Crippen LogP contribution < -0.4 is 5.73 Å². The van der Waals surface area contributed by atoms with Gasteiger partial charge in [-0.3, -0.25) is 0 Å². The Balaban J connectivity index is 3.41. The predicted molar refractivity (Wildman–Crippen MR) is 92.4 cm³/mol. The van der Waals surface area contributed by atoms with Gasteiger partial charge < -0.3 is 5.73 Å². The molecule has 0 atom stereocenters. The second-order valence-electron chi connectivity index (χ2n) is 4.64. The Kier molecular flexibility index (Phi) is 6.15. The molecule has 0 saturated carbocycles. The Labute approximate surface area is 142 Å². The van der Waals surface area contributed by atoms with E-state index in [9.17, 15) is 8.42 Å². The van der Waals surface area contributed by atoms with Gasteiger partial charge in [0.05, 0.1) is 16.4 Å². The molecular formula is C12H16Br2N2O2S2. The molecule has 0 radical (unpaired) electrons. The van der Waals surface area contributed by atoms with Gasteiger partial charge in [-0.15, -0.1) is 0 Å². The van der Waals surface area contributed by atoms with Crippen molar-refractivity contribution in [2.24, 2.45) is 5.73 Å². The molecule has 0 heterocycles. The van der Waals surface area contributed by atoms with Crippen molar-refractivity contribution < 1.29 is 8.42 Å². The van der Waals surface area contributed by atoms with Gasteiger partial charge in [0.25, 0.3) is 0 Å². The number of hydrogen-bond acceptors (Lipinski definition) is 3. The van der Waals surface area contributed by atoms with Crippen molar-refractivity contribution in [2.75, 3.05) is 6.54 Å². The Morgan fingerprint density at radius 2 is 1.90 bits per heavy atom. The molecule has 0 aliphatic heterocycles. The first-order chi connectivity index (χ1) is 9.07. The molecule has 0 saturated heterocycles. The zero-order valence-corrected chi connectivity index (χ0v) is 16.2. The Hall–Kier alpha value is -0.0200. The van der Waals surface area contributed by atoms with Crippen molar-refractivity contribution in [1.29, 1.82) is 0 Å². The lowest BCUT2D eigenvalue weighted by Gasteiger charge is -2.26. The van der Waals surface area contributed by atoms with Gasteiger partial charge in [-0.05, 0) is 54.4 Å². The third-order valence-electron chi connectivity index (χ3n) is 2.69. The first-order valence-corrected chi connectivity index (χ1v) is 9.26. The van der Waals surface area contributed by atoms with Gasteiger partial charge in [-0.2, -0.15) is 4.31 Å². The van der Waals surface area contributed by atoms with E-state index in [4.69, 9.17) is 18.0 Å². The molecule has 1 aromatic carbocycles. The minimum Gasteiger partial charge on any atom is -0.392 e. The van der Waals surface area contributed by atoms with Gasteiger partial charge >= 0.3 is 0 Å². The molecule has 112 valence electrons. The van der Waals surface area contributed by atoms with E-state index >= 15 is 0 Å². The van der Waals surface area contributed by atoms with Gasteiger partial charge in [-0.25, -0.2) is 8.42 Å². The molecule has 1 aromatic rings. The average Bonchev–Trinajstić information content (AvgIpc) is 2.29. The molecule has 0 aliphatic carbocycles. The lowest BCUT2D eigenvalue weighted by atomic mass is 10.2. The van der Waals surface area contributed by atoms with Gasteiger partial charge in [0.1, 0.15) is 0 Å². The van der Waals surface area contributed by atoms with Crippen LogP contribution >= 0.6 is 44.1 Å². The van der Waals surface area contributed by atoms with Crippen LogP contribution in [0.4, 0.5) is 0 Å². The van der Waals surface area contributed by atoms with Gasteiger partial charge in [0.2, 0.25) is 10.0 Å². The Morgan fingerprint density at radius 3 is 2.35 bits per heavy atom. The van der Waals surface area contributed by atoms with Crippen LogP contribution in [0.3, 0.4) is 0 Å². The van der Waals surface area contributed by atoms with Gasteiger partial charge in [0, 0.05) is 15.0 Å². The maximum absolute atomic E-state index is 12.8. The van der Waals surface area contributed by atoms with E-state index in [1.54, 1.807) is 26.0 Å². The van der Waals surface area contributed by atoms with E-state index < -0.39 is 10.0 Å². The number of sulfonamides is 1. The SMILES string of the molecule is Cc1cc(Br)c(S(=O)(=O)N(CC(N)=S)C(C)C)cc1Br. The molecule has 0 spiro atoms. The first-order valence-electron chi connectivity index (χ1n) is 5.83. The monoisotopic (exact) mass is 442 g/mol. The summed E-state index contributed by atoms with van der Waals surface area (Å²) < 4.78 is 28.1. The van der Waals surface area contributed by atoms with Crippen LogP contribution in [-0.2, 0) is 10.0 Å². The van der Waals surface area contributed by atoms with Crippen molar-refractivity contribution in [2.45, 2.75) is 31.7 Å². The normalized spacial score (nSPS) is 12.2. The summed E-state index contributed by atoms with van der Waals surface area (Å²) in [5.41, 5.74) is 6.45. The summed E-state index contributed by atoms with van der Waals surface area (Å²) >= 11 is 11.5. The van der Waals surface area contributed by atoms with Crippen LogP contribution in [-0.4, -0.2) is 30.3 Å². The van der Waals surface area contributed by atoms with Crippen LogP contribution in [0, 0.1) is 6.92 Å². The summed E-state index contributed by atoms with van der Waals surface area (Å²) in [6.07, 6.45) is 0. The van der Waals surface area contributed by atoms with Crippen molar-refractivity contribution in [3.63, 3.8) is 0 Å². The Bertz CT molecular complexity index is 631.